The molecule has 5 heteroatoms. The van der Waals surface area contributed by atoms with Gasteiger partial charge in [0.2, 0.25) is 0 Å². The van der Waals surface area contributed by atoms with Crippen LogP contribution in [0.4, 0.5) is 0 Å². The summed E-state index contributed by atoms with van der Waals surface area (Å²) < 4.78 is 6.09. The van der Waals surface area contributed by atoms with Gasteiger partial charge in [-0.2, -0.15) is 0 Å². The minimum absolute atomic E-state index is 0.0937. The molecule has 0 amide bonds. The van der Waals surface area contributed by atoms with Crippen LogP contribution in [0.15, 0.2) is 59.8 Å². The molecule has 1 aliphatic heterocycles. The zero-order valence-electron chi connectivity index (χ0n) is 11.7. The maximum atomic E-state index is 12.0. The third kappa shape index (κ3) is 3.54. The van der Waals surface area contributed by atoms with Gasteiger partial charge in [-0.25, -0.2) is 4.79 Å². The fourth-order valence-corrected chi connectivity index (χ4v) is 2.54. The molecule has 4 nitrogen and oxygen atoms in total. The summed E-state index contributed by atoms with van der Waals surface area (Å²) in [5.41, 5.74) is 2.48. The fraction of sp³-hybridized carbons (Fsp3) is 0.176. The van der Waals surface area contributed by atoms with Crippen LogP contribution in [0.1, 0.15) is 34.0 Å². The summed E-state index contributed by atoms with van der Waals surface area (Å²) in [7, 11) is 0. The summed E-state index contributed by atoms with van der Waals surface area (Å²) in [5.74, 6) is -0.333. The Labute approximate surface area is 136 Å². The highest BCUT2D eigenvalue weighted by Gasteiger charge is 2.21. The van der Waals surface area contributed by atoms with Crippen molar-refractivity contribution in [2.24, 2.45) is 5.16 Å². The van der Waals surface area contributed by atoms with Crippen molar-refractivity contribution in [3.63, 3.8) is 0 Å². The van der Waals surface area contributed by atoms with Crippen molar-refractivity contribution >= 4 is 26.5 Å². The Bertz CT molecular complexity index is 683. The molecule has 2 aromatic rings. The molecule has 22 heavy (non-hydrogen) atoms. The number of halogens is 1. The molecule has 0 N–H and O–H groups in total. The molecule has 0 saturated carbocycles. The third-order valence-corrected chi connectivity index (χ3v) is 3.83. The van der Waals surface area contributed by atoms with Gasteiger partial charge >= 0.3 is 5.97 Å². The first kappa shape index (κ1) is 14.8. The SMILES string of the molecule is O=C(OCc1ccccc1)c1ccc([C@@H]2CC(Br)=NO2)cc1. The van der Waals surface area contributed by atoms with Crippen molar-refractivity contribution in [2.75, 3.05) is 0 Å². The third-order valence-electron chi connectivity index (χ3n) is 3.36. The number of hydrogen-bond donors (Lipinski definition) is 0. The van der Waals surface area contributed by atoms with Gasteiger partial charge in [-0.3, -0.25) is 0 Å². The van der Waals surface area contributed by atoms with Crippen LogP contribution in [-0.2, 0) is 16.2 Å². The molecule has 2 aromatic carbocycles. The number of carbonyl (C=O) groups excluding carboxylic acids is 1. The van der Waals surface area contributed by atoms with Crippen LogP contribution >= 0.6 is 15.9 Å². The number of esters is 1. The maximum Gasteiger partial charge on any atom is 0.338 e. The largest absolute Gasteiger partial charge is 0.457 e. The lowest BCUT2D eigenvalue weighted by Crippen LogP contribution is -2.06. The van der Waals surface area contributed by atoms with E-state index in [1.807, 2.05) is 42.5 Å². The fourth-order valence-electron chi connectivity index (χ4n) is 2.17. The molecular formula is C17H14BrNO3. The standard InChI is InChI=1S/C17H14BrNO3/c18-16-10-15(22-19-16)13-6-8-14(9-7-13)17(20)21-11-12-4-2-1-3-5-12/h1-9,15H,10-11H2/t15-/m0/s1. The van der Waals surface area contributed by atoms with Crippen molar-refractivity contribution in [3.8, 4) is 0 Å². The quantitative estimate of drug-likeness (QED) is 0.768. The summed E-state index contributed by atoms with van der Waals surface area (Å²) in [6.07, 6.45) is 0.612. The molecule has 3 rings (SSSR count). The van der Waals surface area contributed by atoms with E-state index in [0.29, 0.717) is 12.0 Å². The smallest absolute Gasteiger partial charge is 0.338 e. The Kier molecular flexibility index (Phi) is 4.53. The topological polar surface area (TPSA) is 47.9 Å². The normalized spacial score (nSPS) is 16.8. The van der Waals surface area contributed by atoms with E-state index in [2.05, 4.69) is 21.1 Å². The predicted molar refractivity (Wildman–Crippen MR) is 86.8 cm³/mol. The van der Waals surface area contributed by atoms with Gasteiger partial charge in [0, 0.05) is 6.42 Å². The summed E-state index contributed by atoms with van der Waals surface area (Å²) >= 11 is 3.31. The van der Waals surface area contributed by atoms with Crippen LogP contribution in [0.5, 0.6) is 0 Å². The second-order valence-electron chi connectivity index (χ2n) is 4.95. The van der Waals surface area contributed by atoms with Crippen molar-refractivity contribution in [1.29, 1.82) is 0 Å². The van der Waals surface area contributed by atoms with E-state index in [1.165, 1.54) is 0 Å². The molecular weight excluding hydrogens is 346 g/mol. The number of hydrogen-bond acceptors (Lipinski definition) is 4. The van der Waals surface area contributed by atoms with Gasteiger partial charge in [0.05, 0.1) is 5.56 Å². The number of ether oxygens (including phenoxy) is 1. The van der Waals surface area contributed by atoms with E-state index >= 15 is 0 Å². The lowest BCUT2D eigenvalue weighted by molar-refractivity contribution is 0.0472. The minimum Gasteiger partial charge on any atom is -0.457 e. The Balaban J connectivity index is 1.59. The Hall–Kier alpha value is -2.14. The molecule has 0 bridgehead atoms. The lowest BCUT2D eigenvalue weighted by atomic mass is 10.1. The average Bonchev–Trinajstić information content (AvgIpc) is 3.00. The Morgan fingerprint density at radius 1 is 1.18 bits per heavy atom. The van der Waals surface area contributed by atoms with Crippen molar-refractivity contribution < 1.29 is 14.4 Å². The molecule has 0 aliphatic carbocycles. The van der Waals surface area contributed by atoms with Crippen LogP contribution in [0, 0.1) is 0 Å². The number of carbonyl (C=O) groups is 1. The first-order valence-corrected chi connectivity index (χ1v) is 7.71. The van der Waals surface area contributed by atoms with Crippen LogP contribution in [0.25, 0.3) is 0 Å². The molecule has 0 fully saturated rings. The van der Waals surface area contributed by atoms with E-state index in [-0.39, 0.29) is 18.7 Å². The van der Waals surface area contributed by atoms with Crippen molar-refractivity contribution in [2.45, 2.75) is 19.1 Å². The second kappa shape index (κ2) is 6.75. The van der Waals surface area contributed by atoms with Gasteiger partial charge in [0.25, 0.3) is 0 Å². The molecule has 0 saturated heterocycles. The average molecular weight is 360 g/mol. The number of benzene rings is 2. The van der Waals surface area contributed by atoms with Gasteiger partial charge in [-0.15, -0.1) is 0 Å². The van der Waals surface area contributed by atoms with Crippen LogP contribution in [-0.4, -0.2) is 10.6 Å². The molecule has 0 unspecified atom stereocenters. The summed E-state index contributed by atoms with van der Waals surface area (Å²) in [4.78, 5) is 17.3. The van der Waals surface area contributed by atoms with Gasteiger partial charge < -0.3 is 9.57 Å². The molecule has 0 radical (unpaired) electrons. The van der Waals surface area contributed by atoms with E-state index in [4.69, 9.17) is 9.57 Å². The van der Waals surface area contributed by atoms with Gasteiger partial charge in [-0.1, -0.05) is 47.6 Å². The highest BCUT2D eigenvalue weighted by atomic mass is 79.9. The van der Waals surface area contributed by atoms with E-state index in [9.17, 15) is 4.79 Å². The highest BCUT2D eigenvalue weighted by molar-refractivity contribution is 9.18. The number of oxime groups is 1. The first-order chi connectivity index (χ1) is 10.7. The molecule has 112 valence electrons. The van der Waals surface area contributed by atoms with E-state index in [0.717, 1.165) is 15.7 Å². The Morgan fingerprint density at radius 2 is 1.91 bits per heavy atom. The zero-order valence-corrected chi connectivity index (χ0v) is 13.3. The van der Waals surface area contributed by atoms with Crippen molar-refractivity contribution in [3.05, 3.63) is 71.3 Å². The first-order valence-electron chi connectivity index (χ1n) is 6.91. The molecule has 0 aromatic heterocycles. The maximum absolute atomic E-state index is 12.0. The zero-order chi connectivity index (χ0) is 15.4. The molecule has 1 aliphatic rings. The highest BCUT2D eigenvalue weighted by Crippen LogP contribution is 2.29. The second-order valence-corrected chi connectivity index (χ2v) is 5.86. The van der Waals surface area contributed by atoms with Gasteiger partial charge in [0.15, 0.2) is 6.10 Å². The van der Waals surface area contributed by atoms with Crippen LogP contribution < -0.4 is 0 Å². The van der Waals surface area contributed by atoms with E-state index < -0.39 is 0 Å². The lowest BCUT2D eigenvalue weighted by Gasteiger charge is -2.09. The van der Waals surface area contributed by atoms with Crippen molar-refractivity contribution in [1.82, 2.24) is 0 Å². The van der Waals surface area contributed by atoms with Crippen LogP contribution in [0.3, 0.4) is 0 Å². The summed E-state index contributed by atoms with van der Waals surface area (Å²) in [5, 5.41) is 3.86. The number of rotatable bonds is 4. The molecule has 1 heterocycles. The minimum atomic E-state index is -0.333. The monoisotopic (exact) mass is 359 g/mol. The van der Waals surface area contributed by atoms with E-state index in [1.54, 1.807) is 12.1 Å². The molecule has 0 spiro atoms. The summed E-state index contributed by atoms with van der Waals surface area (Å²) in [6.45, 7) is 0.272. The Morgan fingerprint density at radius 3 is 2.55 bits per heavy atom. The molecule has 1 atom stereocenters. The summed E-state index contributed by atoms with van der Waals surface area (Å²) in [6, 6.07) is 16.8. The van der Waals surface area contributed by atoms with Gasteiger partial charge in [-0.05, 0) is 39.2 Å². The van der Waals surface area contributed by atoms with Crippen LogP contribution in [0.2, 0.25) is 0 Å². The van der Waals surface area contributed by atoms with Gasteiger partial charge in [0.1, 0.15) is 11.2 Å². The predicted octanol–water partition coefficient (Wildman–Crippen LogP) is 4.21. The number of nitrogens with zero attached hydrogens (tertiary/aromatic N) is 1.